The number of pyridine rings is 1. The average Bonchev–Trinajstić information content (AvgIpc) is 1.86. The van der Waals surface area contributed by atoms with Crippen molar-refractivity contribution in [1.82, 2.24) is 10.3 Å². The molecule has 0 aliphatic carbocycles. The molecule has 1 aliphatic rings. The summed E-state index contributed by atoms with van der Waals surface area (Å²) in [5, 5.41) is 3.30. The quantitative estimate of drug-likeness (QED) is 0.761. The van der Waals surface area contributed by atoms with E-state index in [1.54, 1.807) is 0 Å². The van der Waals surface area contributed by atoms with Gasteiger partial charge in [-0.15, -0.1) is 24.8 Å². The predicted molar refractivity (Wildman–Crippen MR) is 54.1 cm³/mol. The van der Waals surface area contributed by atoms with E-state index in [0.717, 1.165) is 6.54 Å². The Hall–Kier alpha value is -0.310. The molecule has 1 saturated heterocycles. The highest BCUT2D eigenvalue weighted by atomic mass is 35.5. The number of hydrogen-bond donors (Lipinski definition) is 1. The van der Waals surface area contributed by atoms with Gasteiger partial charge in [0.25, 0.3) is 0 Å². The molecule has 12 heavy (non-hydrogen) atoms. The zero-order chi connectivity index (χ0) is 6.81. The van der Waals surface area contributed by atoms with Gasteiger partial charge < -0.3 is 5.32 Å². The second-order valence-electron chi connectivity index (χ2n) is 2.55. The molecule has 2 heterocycles. The van der Waals surface area contributed by atoms with Crippen LogP contribution in [0.2, 0.25) is 0 Å². The van der Waals surface area contributed by atoms with Gasteiger partial charge in [-0.1, -0.05) is 6.07 Å². The summed E-state index contributed by atoms with van der Waals surface area (Å²) in [7, 11) is 0. The summed E-state index contributed by atoms with van der Waals surface area (Å²) in [5.74, 6) is 0. The molecule has 2 rings (SSSR count). The molecule has 1 aromatic rings. The Balaban J connectivity index is 0.000000605. The van der Waals surface area contributed by atoms with E-state index < -0.39 is 0 Å². The van der Waals surface area contributed by atoms with E-state index in [1.807, 2.05) is 18.3 Å². The van der Waals surface area contributed by atoms with E-state index in [-0.39, 0.29) is 24.8 Å². The summed E-state index contributed by atoms with van der Waals surface area (Å²) < 4.78 is 0. The molecule has 2 nitrogen and oxygen atoms in total. The molecule has 0 amide bonds. The maximum absolute atomic E-state index is 4.24. The molecular weight excluding hydrogens is 195 g/mol. The van der Waals surface area contributed by atoms with Gasteiger partial charge in [-0.3, -0.25) is 4.98 Å². The number of nitrogens with zero attached hydrogens (tertiary/aromatic N) is 1. The van der Waals surface area contributed by atoms with Crippen LogP contribution in [-0.4, -0.2) is 11.5 Å². The van der Waals surface area contributed by atoms with Crippen molar-refractivity contribution >= 4 is 24.8 Å². The molecule has 4 heteroatoms. The minimum absolute atomic E-state index is 0. The Labute approximate surface area is 84.6 Å². The lowest BCUT2D eigenvalue weighted by atomic mass is 10.0. The summed E-state index contributed by atoms with van der Waals surface area (Å²) >= 11 is 0. The van der Waals surface area contributed by atoms with Gasteiger partial charge in [0.15, 0.2) is 0 Å². The monoisotopic (exact) mass is 206 g/mol. The normalized spacial score (nSPS) is 19.8. The lowest BCUT2D eigenvalue weighted by Crippen LogP contribution is -2.35. The highest BCUT2D eigenvalue weighted by Crippen LogP contribution is 2.19. The van der Waals surface area contributed by atoms with Crippen LogP contribution in [0.4, 0.5) is 0 Å². The summed E-state index contributed by atoms with van der Waals surface area (Å²) in [6.07, 6.45) is 3.08. The highest BCUT2D eigenvalue weighted by molar-refractivity contribution is 5.85. The molecule has 0 unspecified atom stereocenters. The van der Waals surface area contributed by atoms with Crippen LogP contribution >= 0.6 is 24.8 Å². The Bertz CT molecular complexity index is 212. The van der Waals surface area contributed by atoms with E-state index in [2.05, 4.69) is 16.4 Å². The summed E-state index contributed by atoms with van der Waals surface area (Å²) in [5.41, 5.74) is 1.17. The molecule has 68 valence electrons. The summed E-state index contributed by atoms with van der Waals surface area (Å²) in [6, 6.07) is 6.57. The topological polar surface area (TPSA) is 24.9 Å². The van der Waals surface area contributed by atoms with Crippen LogP contribution in [0.5, 0.6) is 0 Å². The number of hydrogen-bond acceptors (Lipinski definition) is 2. The van der Waals surface area contributed by atoms with E-state index in [1.165, 1.54) is 12.1 Å². The third-order valence-corrected chi connectivity index (χ3v) is 1.87. The average molecular weight is 207 g/mol. The number of nitrogens with one attached hydrogen (secondary N) is 1. The molecule has 1 atom stereocenters. The Morgan fingerprint density at radius 2 is 2.08 bits per heavy atom. The minimum Gasteiger partial charge on any atom is -0.309 e. The first-order chi connectivity index (χ1) is 4.97. The lowest BCUT2D eigenvalue weighted by Gasteiger charge is -2.26. The van der Waals surface area contributed by atoms with Crippen molar-refractivity contribution < 1.29 is 0 Å². The van der Waals surface area contributed by atoms with Crippen molar-refractivity contribution in [3.05, 3.63) is 30.1 Å². The predicted octanol–water partition coefficient (Wildman–Crippen LogP) is 1.96. The minimum atomic E-state index is 0. The molecule has 0 aromatic carbocycles. The summed E-state index contributed by atoms with van der Waals surface area (Å²) in [4.78, 5) is 4.24. The third kappa shape index (κ3) is 2.34. The third-order valence-electron chi connectivity index (χ3n) is 1.87. The lowest BCUT2D eigenvalue weighted by molar-refractivity contribution is 0.375. The second-order valence-corrected chi connectivity index (χ2v) is 2.55. The van der Waals surface area contributed by atoms with Gasteiger partial charge in [0.05, 0.1) is 11.7 Å². The standard InChI is InChI=1S/C8H10N2.2ClH/c1-2-5-9-7(3-1)8-4-6-10-8;;/h1-3,5,8,10H,4,6H2;2*1H/t8-;;/m1../s1. The Kier molecular flexibility index (Phi) is 5.22. The van der Waals surface area contributed by atoms with Gasteiger partial charge in [-0.05, 0) is 25.1 Å². The van der Waals surface area contributed by atoms with Crippen molar-refractivity contribution in [3.63, 3.8) is 0 Å². The fraction of sp³-hybridized carbons (Fsp3) is 0.375. The first-order valence-corrected chi connectivity index (χ1v) is 3.61. The molecule has 0 radical (unpaired) electrons. The molecule has 1 aromatic heterocycles. The maximum atomic E-state index is 4.24. The Morgan fingerprint density at radius 1 is 1.33 bits per heavy atom. The van der Waals surface area contributed by atoms with E-state index in [0.29, 0.717) is 6.04 Å². The van der Waals surface area contributed by atoms with Gasteiger partial charge >= 0.3 is 0 Å². The van der Waals surface area contributed by atoms with E-state index in [4.69, 9.17) is 0 Å². The van der Waals surface area contributed by atoms with Crippen molar-refractivity contribution in [1.29, 1.82) is 0 Å². The van der Waals surface area contributed by atoms with Crippen molar-refractivity contribution in [2.24, 2.45) is 0 Å². The van der Waals surface area contributed by atoms with Crippen molar-refractivity contribution in [3.8, 4) is 0 Å². The number of aromatic nitrogens is 1. The van der Waals surface area contributed by atoms with E-state index in [9.17, 15) is 0 Å². The summed E-state index contributed by atoms with van der Waals surface area (Å²) in [6.45, 7) is 1.14. The molecule has 1 aliphatic heterocycles. The van der Waals surface area contributed by atoms with E-state index >= 15 is 0 Å². The van der Waals surface area contributed by atoms with Gasteiger partial charge in [0.2, 0.25) is 0 Å². The van der Waals surface area contributed by atoms with Gasteiger partial charge in [0.1, 0.15) is 0 Å². The van der Waals surface area contributed by atoms with Crippen molar-refractivity contribution in [2.75, 3.05) is 6.54 Å². The highest BCUT2D eigenvalue weighted by Gasteiger charge is 2.18. The van der Waals surface area contributed by atoms with Crippen molar-refractivity contribution in [2.45, 2.75) is 12.5 Å². The van der Waals surface area contributed by atoms with Crippen LogP contribution in [-0.2, 0) is 0 Å². The number of halogens is 2. The van der Waals surface area contributed by atoms with Gasteiger partial charge in [0, 0.05) is 6.20 Å². The molecule has 1 fully saturated rings. The number of rotatable bonds is 1. The van der Waals surface area contributed by atoms with Crippen LogP contribution in [0.1, 0.15) is 18.2 Å². The molecular formula is C8H12Cl2N2. The smallest absolute Gasteiger partial charge is 0.0573 e. The fourth-order valence-corrected chi connectivity index (χ4v) is 1.12. The van der Waals surface area contributed by atoms with Crippen LogP contribution < -0.4 is 5.32 Å². The zero-order valence-corrected chi connectivity index (χ0v) is 8.20. The first-order valence-electron chi connectivity index (χ1n) is 3.61. The zero-order valence-electron chi connectivity index (χ0n) is 6.56. The van der Waals surface area contributed by atoms with Gasteiger partial charge in [-0.25, -0.2) is 0 Å². The first kappa shape index (κ1) is 11.7. The SMILES string of the molecule is Cl.Cl.c1ccc([C@H]2CCN2)nc1. The Morgan fingerprint density at radius 3 is 2.50 bits per heavy atom. The molecule has 0 bridgehead atoms. The molecule has 0 saturated carbocycles. The van der Waals surface area contributed by atoms with Gasteiger partial charge in [-0.2, -0.15) is 0 Å². The molecule has 0 spiro atoms. The van der Waals surface area contributed by atoms with Crippen LogP contribution in [0.25, 0.3) is 0 Å². The molecule has 1 N–H and O–H groups in total. The van der Waals surface area contributed by atoms with Crippen LogP contribution in [0, 0.1) is 0 Å². The van der Waals surface area contributed by atoms with Crippen LogP contribution in [0.3, 0.4) is 0 Å². The van der Waals surface area contributed by atoms with Crippen LogP contribution in [0.15, 0.2) is 24.4 Å². The second kappa shape index (κ2) is 5.36. The maximum Gasteiger partial charge on any atom is 0.0573 e. The fourth-order valence-electron chi connectivity index (χ4n) is 1.12. The largest absolute Gasteiger partial charge is 0.309 e.